The summed E-state index contributed by atoms with van der Waals surface area (Å²) < 4.78 is 21.1. The average molecular weight is 485 g/mol. The molecule has 3 aliphatic rings. The average Bonchev–Trinajstić information content (AvgIpc) is 3.39. The largest absolute Gasteiger partial charge is 0.523 e. The van der Waals surface area contributed by atoms with Crippen LogP contribution in [-0.4, -0.2) is 26.2 Å². The van der Waals surface area contributed by atoms with E-state index < -0.39 is 5.41 Å². The lowest BCUT2D eigenvalue weighted by Gasteiger charge is -2.48. The highest BCUT2D eigenvalue weighted by Gasteiger charge is 2.50. The van der Waals surface area contributed by atoms with Gasteiger partial charge in [-0.1, -0.05) is 26.0 Å². The van der Waals surface area contributed by atoms with Crippen LogP contribution < -0.4 is 4.74 Å². The molecule has 6 rings (SSSR count). The van der Waals surface area contributed by atoms with E-state index in [1.807, 2.05) is 19.1 Å². The predicted molar refractivity (Wildman–Crippen MR) is 135 cm³/mol. The van der Waals surface area contributed by atoms with E-state index in [1.165, 1.54) is 6.07 Å². The fourth-order valence-electron chi connectivity index (χ4n) is 6.68. The van der Waals surface area contributed by atoms with Gasteiger partial charge in [-0.3, -0.25) is 4.98 Å². The molecule has 184 valence electrons. The van der Waals surface area contributed by atoms with Crippen molar-refractivity contribution in [2.75, 3.05) is 0 Å². The van der Waals surface area contributed by atoms with E-state index in [1.54, 1.807) is 12.3 Å². The zero-order valence-electron chi connectivity index (χ0n) is 20.6. The number of halogens is 1. The number of para-hydroxylation sites is 1. The first kappa shape index (κ1) is 22.9. The maximum atomic E-state index is 14.6. The zero-order chi connectivity index (χ0) is 25.0. The second-order valence-corrected chi connectivity index (χ2v) is 10.7. The van der Waals surface area contributed by atoms with Crippen molar-refractivity contribution in [2.45, 2.75) is 70.3 Å². The minimum absolute atomic E-state index is 0.127. The molecule has 0 amide bonds. The number of hydrogen-bond donors (Lipinski definition) is 1. The minimum atomic E-state index is -0.446. The monoisotopic (exact) mass is 484 g/mol. The van der Waals surface area contributed by atoms with E-state index in [2.05, 4.69) is 16.8 Å². The summed E-state index contributed by atoms with van der Waals surface area (Å²) in [5.74, 6) is 0.934. The zero-order valence-corrected chi connectivity index (χ0v) is 20.6. The fraction of sp³-hybridized carbons (Fsp3) is 0.448. The van der Waals surface area contributed by atoms with E-state index in [0.29, 0.717) is 34.8 Å². The van der Waals surface area contributed by atoms with E-state index in [4.69, 9.17) is 21.3 Å². The molecule has 0 bridgehead atoms. The number of aromatic nitrogens is 3. The maximum absolute atomic E-state index is 14.6. The van der Waals surface area contributed by atoms with Gasteiger partial charge in [-0.25, -0.2) is 14.2 Å². The van der Waals surface area contributed by atoms with Crippen LogP contribution in [0.15, 0.2) is 41.9 Å². The number of nitrogens with zero attached hydrogens (tertiary/aromatic N) is 4. The van der Waals surface area contributed by atoms with Crippen LogP contribution in [0.25, 0.3) is 27.1 Å². The molecule has 7 heteroatoms. The minimum Gasteiger partial charge on any atom is -0.523 e. The Kier molecular flexibility index (Phi) is 5.44. The van der Waals surface area contributed by atoms with Crippen molar-refractivity contribution in [2.24, 2.45) is 11.8 Å². The lowest BCUT2D eigenvalue weighted by Crippen LogP contribution is -2.45. The molecular weight excluding hydrogens is 455 g/mol. The molecule has 1 N–H and O–H groups in total. The predicted octanol–water partition coefficient (Wildman–Crippen LogP) is 6.70. The van der Waals surface area contributed by atoms with E-state index in [-0.39, 0.29) is 35.0 Å². The molecular formula is C29H29FN4O2. The van der Waals surface area contributed by atoms with Gasteiger partial charge in [0.15, 0.2) is 5.82 Å². The summed E-state index contributed by atoms with van der Waals surface area (Å²) in [6, 6.07) is 6.74. The number of fused-ring (bicyclic) bond motifs is 4. The molecule has 3 aliphatic carbocycles. The van der Waals surface area contributed by atoms with Gasteiger partial charge < -0.3 is 9.84 Å². The second kappa shape index (κ2) is 8.55. The number of ether oxygens (including phenoxy) is 1. The molecule has 3 aromatic rings. The quantitative estimate of drug-likeness (QED) is 0.419. The molecule has 1 aromatic carbocycles. The Balaban J connectivity index is 1.58. The summed E-state index contributed by atoms with van der Waals surface area (Å²) >= 11 is 0. The van der Waals surface area contributed by atoms with Gasteiger partial charge in [0.05, 0.1) is 18.0 Å². The highest BCUT2D eigenvalue weighted by atomic mass is 19.1. The van der Waals surface area contributed by atoms with Gasteiger partial charge in [0, 0.05) is 34.0 Å². The molecule has 2 heterocycles. The van der Waals surface area contributed by atoms with E-state index >= 15 is 0 Å². The summed E-state index contributed by atoms with van der Waals surface area (Å²) in [5, 5.41) is 11.4. The van der Waals surface area contributed by atoms with Crippen molar-refractivity contribution in [1.29, 1.82) is 0 Å². The van der Waals surface area contributed by atoms with Crippen LogP contribution in [-0.2, 0) is 11.8 Å². The van der Waals surface area contributed by atoms with Gasteiger partial charge in [-0.15, -0.1) is 0 Å². The molecule has 2 aromatic heterocycles. The molecule has 1 saturated carbocycles. The lowest BCUT2D eigenvalue weighted by atomic mass is 9.57. The third kappa shape index (κ3) is 3.46. The smallest absolute Gasteiger partial charge is 0.220 e. The van der Waals surface area contributed by atoms with Gasteiger partial charge in [-0.05, 0) is 63.0 Å². The summed E-state index contributed by atoms with van der Waals surface area (Å²) in [6.07, 6.45) is 8.08. The van der Waals surface area contributed by atoms with Crippen LogP contribution in [0.2, 0.25) is 0 Å². The van der Waals surface area contributed by atoms with Crippen LogP contribution in [0, 0.1) is 24.2 Å². The van der Waals surface area contributed by atoms with E-state index in [9.17, 15) is 9.50 Å². The molecule has 0 spiro atoms. The molecule has 1 fully saturated rings. The van der Waals surface area contributed by atoms with Crippen LogP contribution in [0.5, 0.6) is 5.88 Å². The number of aliphatic hydroxyl groups is 1. The van der Waals surface area contributed by atoms with Crippen molar-refractivity contribution >= 4 is 10.9 Å². The van der Waals surface area contributed by atoms with Crippen LogP contribution in [0.1, 0.15) is 63.6 Å². The summed E-state index contributed by atoms with van der Waals surface area (Å²) in [4.78, 5) is 18.0. The molecule has 3 atom stereocenters. The van der Waals surface area contributed by atoms with Gasteiger partial charge in [0.1, 0.15) is 17.4 Å². The molecule has 0 radical (unpaired) electrons. The Morgan fingerprint density at radius 2 is 1.97 bits per heavy atom. The summed E-state index contributed by atoms with van der Waals surface area (Å²) in [6.45, 7) is 11.8. The molecule has 0 aliphatic heterocycles. The molecule has 36 heavy (non-hydrogen) atoms. The highest BCUT2D eigenvalue weighted by molar-refractivity contribution is 5.92. The van der Waals surface area contributed by atoms with Crippen molar-refractivity contribution in [3.8, 4) is 17.3 Å². The van der Waals surface area contributed by atoms with Gasteiger partial charge in [0.25, 0.3) is 0 Å². The number of pyridine rings is 1. The Labute approximate surface area is 210 Å². The number of allylic oxidation sites excluding steroid dienone is 2. The second-order valence-electron chi connectivity index (χ2n) is 10.7. The first-order chi connectivity index (χ1) is 17.4. The Bertz CT molecular complexity index is 1440. The molecule has 0 saturated heterocycles. The first-order valence-electron chi connectivity index (χ1n) is 12.8. The Morgan fingerprint density at radius 3 is 2.75 bits per heavy atom. The number of rotatable bonds is 3. The van der Waals surface area contributed by atoms with Crippen LogP contribution in [0.3, 0.4) is 0 Å². The Morgan fingerprint density at radius 1 is 1.17 bits per heavy atom. The topological polar surface area (TPSA) is 72.5 Å². The van der Waals surface area contributed by atoms with Gasteiger partial charge in [-0.2, -0.15) is 4.98 Å². The third-order valence-electron chi connectivity index (χ3n) is 8.58. The number of benzene rings is 1. The highest BCUT2D eigenvalue weighted by Crippen LogP contribution is 2.54. The van der Waals surface area contributed by atoms with Crippen molar-refractivity contribution in [1.82, 2.24) is 15.0 Å². The summed E-state index contributed by atoms with van der Waals surface area (Å²) in [7, 11) is 0. The SMILES string of the molecule is [C-]#[N+]C1=C(O)[C@H](C)[C@H]2CCc3c(OC4CCCC4)nc(-c4ccnc5c(F)cccc45)nc3[C@]2(C)C1. The van der Waals surface area contributed by atoms with E-state index in [0.717, 1.165) is 49.8 Å². The first-order valence-corrected chi connectivity index (χ1v) is 12.8. The molecule has 6 nitrogen and oxygen atoms in total. The van der Waals surface area contributed by atoms with Gasteiger partial charge in [0.2, 0.25) is 11.6 Å². The fourth-order valence-corrected chi connectivity index (χ4v) is 6.68. The normalized spacial score (nSPS) is 25.9. The van der Waals surface area contributed by atoms with Crippen LogP contribution in [0.4, 0.5) is 4.39 Å². The van der Waals surface area contributed by atoms with Gasteiger partial charge >= 0.3 is 0 Å². The van der Waals surface area contributed by atoms with Crippen molar-refractivity contribution < 1.29 is 14.2 Å². The van der Waals surface area contributed by atoms with Crippen molar-refractivity contribution in [3.63, 3.8) is 0 Å². The standard InChI is InChI=1S/C29H29FN4O2/c1-16-21-12-11-20-26(29(21,2)15-23(31-3)25(16)35)33-27(34-28(20)36-17-7-4-5-8-17)19-13-14-32-24-18(19)9-6-10-22(24)30/h6,9-10,13-14,16-17,21,35H,4-5,7-8,11-12,15H2,1-2H3/t16-,21-,29-/m1/s1. The van der Waals surface area contributed by atoms with Crippen molar-refractivity contribution in [3.05, 3.63) is 70.4 Å². The third-order valence-corrected chi connectivity index (χ3v) is 8.58. The number of hydrogen-bond acceptors (Lipinski definition) is 5. The van der Waals surface area contributed by atoms with Crippen LogP contribution >= 0.6 is 0 Å². The maximum Gasteiger partial charge on any atom is 0.220 e. The summed E-state index contributed by atoms with van der Waals surface area (Å²) in [5.41, 5.74) is 2.85. The lowest BCUT2D eigenvalue weighted by molar-refractivity contribution is 0.130. The molecule has 0 unspecified atom stereocenters. The number of aliphatic hydroxyl groups excluding tert-OH is 1. The Hall–Kier alpha value is -3.53.